The van der Waals surface area contributed by atoms with Crippen LogP contribution in [-0.4, -0.2) is 31.2 Å². The number of rotatable bonds is 4. The SMILES string of the molecule is COC(=O)[C@@H](OC(=O)C(C)N)C(C)C. The van der Waals surface area contributed by atoms with E-state index >= 15 is 0 Å². The van der Waals surface area contributed by atoms with Gasteiger partial charge in [-0.2, -0.15) is 0 Å². The van der Waals surface area contributed by atoms with Crippen LogP contribution in [0, 0.1) is 5.92 Å². The van der Waals surface area contributed by atoms with E-state index in [-0.39, 0.29) is 5.92 Å². The van der Waals surface area contributed by atoms with Gasteiger partial charge >= 0.3 is 11.9 Å². The smallest absolute Gasteiger partial charge is 0.347 e. The van der Waals surface area contributed by atoms with Crippen LogP contribution in [0.5, 0.6) is 0 Å². The van der Waals surface area contributed by atoms with E-state index in [0.717, 1.165) is 0 Å². The van der Waals surface area contributed by atoms with Crippen molar-refractivity contribution in [3.63, 3.8) is 0 Å². The molecule has 0 radical (unpaired) electrons. The van der Waals surface area contributed by atoms with Crippen molar-refractivity contribution in [1.29, 1.82) is 0 Å². The second kappa shape index (κ2) is 5.59. The summed E-state index contributed by atoms with van der Waals surface area (Å²) in [5.41, 5.74) is 5.30. The molecule has 0 amide bonds. The lowest BCUT2D eigenvalue weighted by molar-refractivity contribution is -0.169. The lowest BCUT2D eigenvalue weighted by atomic mass is 10.1. The van der Waals surface area contributed by atoms with Gasteiger partial charge < -0.3 is 15.2 Å². The van der Waals surface area contributed by atoms with Gasteiger partial charge in [0.2, 0.25) is 6.10 Å². The number of hydrogen-bond donors (Lipinski definition) is 1. The van der Waals surface area contributed by atoms with Gasteiger partial charge in [0, 0.05) is 5.92 Å². The maximum absolute atomic E-state index is 11.2. The summed E-state index contributed by atoms with van der Waals surface area (Å²) in [6, 6.07) is -0.735. The van der Waals surface area contributed by atoms with Gasteiger partial charge in [-0.1, -0.05) is 13.8 Å². The van der Waals surface area contributed by atoms with E-state index in [2.05, 4.69) is 4.74 Å². The van der Waals surface area contributed by atoms with E-state index in [1.54, 1.807) is 13.8 Å². The van der Waals surface area contributed by atoms with Crippen LogP contribution in [0.3, 0.4) is 0 Å². The fraction of sp³-hybridized carbons (Fsp3) is 0.778. The summed E-state index contributed by atoms with van der Waals surface area (Å²) in [6.45, 7) is 5.02. The Morgan fingerprint density at radius 3 is 1.93 bits per heavy atom. The Labute approximate surface area is 83.5 Å². The summed E-state index contributed by atoms with van der Waals surface area (Å²) in [5.74, 6) is -1.30. The molecule has 0 aliphatic carbocycles. The number of hydrogen-bond acceptors (Lipinski definition) is 5. The highest BCUT2D eigenvalue weighted by molar-refractivity contribution is 5.81. The number of methoxy groups -OCH3 is 1. The van der Waals surface area contributed by atoms with Gasteiger partial charge in [-0.05, 0) is 6.92 Å². The molecule has 0 aromatic carbocycles. The molecule has 0 saturated heterocycles. The zero-order valence-corrected chi connectivity index (χ0v) is 8.94. The highest BCUT2D eigenvalue weighted by Crippen LogP contribution is 2.09. The first-order valence-electron chi connectivity index (χ1n) is 4.44. The molecule has 0 aliphatic rings. The first-order valence-corrected chi connectivity index (χ1v) is 4.44. The maximum atomic E-state index is 11.2. The molecule has 14 heavy (non-hydrogen) atoms. The molecule has 0 heterocycles. The molecule has 1 unspecified atom stereocenters. The average molecular weight is 203 g/mol. The highest BCUT2D eigenvalue weighted by atomic mass is 16.6. The Morgan fingerprint density at radius 1 is 1.14 bits per heavy atom. The molecule has 0 aromatic heterocycles. The van der Waals surface area contributed by atoms with Gasteiger partial charge in [0.15, 0.2) is 0 Å². The summed E-state index contributed by atoms with van der Waals surface area (Å²) < 4.78 is 9.38. The molecule has 0 aromatic rings. The van der Waals surface area contributed by atoms with Crippen molar-refractivity contribution in [2.24, 2.45) is 11.7 Å². The number of ether oxygens (including phenoxy) is 2. The third-order valence-electron chi connectivity index (χ3n) is 1.65. The predicted molar refractivity (Wildman–Crippen MR) is 50.4 cm³/mol. The van der Waals surface area contributed by atoms with E-state index in [0.29, 0.717) is 0 Å². The number of carbonyl (C=O) groups excluding carboxylic acids is 2. The van der Waals surface area contributed by atoms with Crippen LogP contribution in [-0.2, 0) is 19.1 Å². The fourth-order valence-electron chi connectivity index (χ4n) is 0.805. The van der Waals surface area contributed by atoms with Gasteiger partial charge in [-0.25, -0.2) is 4.79 Å². The number of nitrogens with two attached hydrogens (primary N) is 1. The van der Waals surface area contributed by atoms with Crippen LogP contribution < -0.4 is 5.73 Å². The van der Waals surface area contributed by atoms with Crippen molar-refractivity contribution in [3.8, 4) is 0 Å². The molecule has 2 N–H and O–H groups in total. The van der Waals surface area contributed by atoms with Crippen molar-refractivity contribution in [2.45, 2.75) is 32.9 Å². The van der Waals surface area contributed by atoms with Crippen LogP contribution in [0.1, 0.15) is 20.8 Å². The lowest BCUT2D eigenvalue weighted by Gasteiger charge is -2.19. The Kier molecular flexibility index (Phi) is 5.15. The Morgan fingerprint density at radius 2 is 1.64 bits per heavy atom. The standard InChI is InChI=1S/C9H17NO4/c1-5(2)7(9(12)13-4)14-8(11)6(3)10/h5-7H,10H2,1-4H3/t6?,7-/m0/s1. The van der Waals surface area contributed by atoms with E-state index < -0.39 is 24.1 Å². The third-order valence-corrected chi connectivity index (χ3v) is 1.65. The van der Waals surface area contributed by atoms with Crippen molar-refractivity contribution in [3.05, 3.63) is 0 Å². The maximum Gasteiger partial charge on any atom is 0.347 e. The van der Waals surface area contributed by atoms with Crippen molar-refractivity contribution >= 4 is 11.9 Å². The largest absolute Gasteiger partial charge is 0.466 e. The minimum Gasteiger partial charge on any atom is -0.466 e. The second-order valence-corrected chi connectivity index (χ2v) is 3.41. The molecule has 0 spiro atoms. The van der Waals surface area contributed by atoms with Gasteiger partial charge in [0.1, 0.15) is 6.04 Å². The second-order valence-electron chi connectivity index (χ2n) is 3.41. The van der Waals surface area contributed by atoms with E-state index in [1.165, 1.54) is 14.0 Å². The number of carbonyl (C=O) groups is 2. The van der Waals surface area contributed by atoms with Crippen LogP contribution >= 0.6 is 0 Å². The summed E-state index contributed by atoms with van der Waals surface area (Å²) in [4.78, 5) is 22.3. The summed E-state index contributed by atoms with van der Waals surface area (Å²) in [7, 11) is 1.25. The highest BCUT2D eigenvalue weighted by Gasteiger charge is 2.28. The Balaban J connectivity index is 4.38. The van der Waals surface area contributed by atoms with Crippen molar-refractivity contribution < 1.29 is 19.1 Å². The molecular weight excluding hydrogens is 186 g/mol. The minimum atomic E-state index is -0.876. The van der Waals surface area contributed by atoms with Crippen LogP contribution in [0.2, 0.25) is 0 Å². The molecule has 0 saturated carbocycles. The van der Waals surface area contributed by atoms with E-state index in [4.69, 9.17) is 10.5 Å². The fourth-order valence-corrected chi connectivity index (χ4v) is 0.805. The zero-order chi connectivity index (χ0) is 11.3. The Bertz CT molecular complexity index is 213. The van der Waals surface area contributed by atoms with Crippen molar-refractivity contribution in [1.82, 2.24) is 0 Å². The first kappa shape index (κ1) is 12.9. The van der Waals surface area contributed by atoms with E-state index in [1.807, 2.05) is 0 Å². The molecule has 0 fully saturated rings. The summed E-state index contributed by atoms with van der Waals surface area (Å²) >= 11 is 0. The van der Waals surface area contributed by atoms with E-state index in [9.17, 15) is 9.59 Å². The van der Waals surface area contributed by atoms with Crippen molar-refractivity contribution in [2.75, 3.05) is 7.11 Å². The normalized spacial score (nSPS) is 14.7. The molecule has 0 rings (SSSR count). The molecular formula is C9H17NO4. The average Bonchev–Trinajstić information content (AvgIpc) is 2.11. The topological polar surface area (TPSA) is 78.6 Å². The minimum absolute atomic E-state index is 0.134. The van der Waals surface area contributed by atoms with Crippen LogP contribution in [0.15, 0.2) is 0 Å². The summed E-state index contributed by atoms with van der Waals surface area (Å²) in [6.07, 6.45) is -0.876. The third kappa shape index (κ3) is 3.74. The molecule has 0 aliphatic heterocycles. The summed E-state index contributed by atoms with van der Waals surface area (Å²) in [5, 5.41) is 0. The zero-order valence-electron chi connectivity index (χ0n) is 8.94. The molecule has 2 atom stereocenters. The van der Waals surface area contributed by atoms with Crippen LogP contribution in [0.4, 0.5) is 0 Å². The molecule has 5 nitrogen and oxygen atoms in total. The Hall–Kier alpha value is -1.10. The first-order chi connectivity index (χ1) is 6.40. The number of esters is 2. The predicted octanol–water partition coefficient (Wildman–Crippen LogP) is 0.0744. The van der Waals surface area contributed by atoms with Gasteiger partial charge in [-0.15, -0.1) is 0 Å². The monoisotopic (exact) mass is 203 g/mol. The van der Waals surface area contributed by atoms with Gasteiger partial charge in [0.25, 0.3) is 0 Å². The quantitative estimate of drug-likeness (QED) is 0.654. The molecule has 0 bridgehead atoms. The van der Waals surface area contributed by atoms with Gasteiger partial charge in [0.05, 0.1) is 7.11 Å². The van der Waals surface area contributed by atoms with Crippen LogP contribution in [0.25, 0.3) is 0 Å². The molecule has 82 valence electrons. The molecule has 5 heteroatoms. The lowest BCUT2D eigenvalue weighted by Crippen LogP contribution is -2.38. The van der Waals surface area contributed by atoms with Gasteiger partial charge in [-0.3, -0.25) is 4.79 Å².